The molecule has 8 nitrogen and oxygen atoms in total. The Morgan fingerprint density at radius 1 is 1.31 bits per heavy atom. The lowest BCUT2D eigenvalue weighted by atomic mass is 9.68. The van der Waals surface area contributed by atoms with Gasteiger partial charge in [0.15, 0.2) is 5.90 Å². The molecule has 2 bridgehead atoms. The van der Waals surface area contributed by atoms with Crippen molar-refractivity contribution in [2.75, 3.05) is 5.32 Å². The highest BCUT2D eigenvalue weighted by atomic mass is 16.5. The number of hydrogen-bond acceptors (Lipinski definition) is 5. The van der Waals surface area contributed by atoms with Crippen LogP contribution < -0.4 is 5.32 Å². The van der Waals surface area contributed by atoms with E-state index in [0.717, 1.165) is 35.2 Å². The van der Waals surface area contributed by atoms with Crippen molar-refractivity contribution in [2.24, 2.45) is 0 Å². The maximum atomic E-state index is 13.3. The third-order valence-corrected chi connectivity index (χ3v) is 6.59. The lowest BCUT2D eigenvalue weighted by Gasteiger charge is -2.60. The number of nitrogens with one attached hydrogen (secondary N) is 3. The van der Waals surface area contributed by atoms with Gasteiger partial charge in [-0.2, -0.15) is 0 Å². The van der Waals surface area contributed by atoms with Crippen LogP contribution in [0.4, 0.5) is 10.5 Å². The largest absolute Gasteiger partial charge is 0.428 e. The number of anilines is 1. The molecular formula is C24H26N6O2. The average Bonchev–Trinajstić information content (AvgIpc) is 3.22. The van der Waals surface area contributed by atoms with Gasteiger partial charge in [-0.3, -0.25) is 10.8 Å². The predicted octanol–water partition coefficient (Wildman–Crippen LogP) is 4.83. The van der Waals surface area contributed by atoms with Gasteiger partial charge in [0.25, 0.3) is 0 Å². The first kappa shape index (κ1) is 20.2. The average molecular weight is 431 g/mol. The molecule has 2 aromatic heterocycles. The van der Waals surface area contributed by atoms with E-state index in [4.69, 9.17) is 15.6 Å². The summed E-state index contributed by atoms with van der Waals surface area (Å²) in [7, 11) is 0. The number of benzene rings is 1. The number of rotatable bonds is 3. The number of piperidine rings is 1. The molecule has 8 heteroatoms. The number of amides is 2. The van der Waals surface area contributed by atoms with Gasteiger partial charge in [-0.1, -0.05) is 6.07 Å². The van der Waals surface area contributed by atoms with Crippen LogP contribution in [0.25, 0.3) is 16.8 Å². The first-order valence-corrected chi connectivity index (χ1v) is 10.8. The van der Waals surface area contributed by atoms with Crippen LogP contribution in [0.1, 0.15) is 38.2 Å². The molecule has 5 rings (SSSR count). The normalized spacial score (nSPS) is 21.7. The first-order valence-electron chi connectivity index (χ1n) is 10.8. The van der Waals surface area contributed by atoms with E-state index in [9.17, 15) is 4.79 Å². The molecule has 3 heterocycles. The van der Waals surface area contributed by atoms with Gasteiger partial charge >= 0.3 is 6.03 Å². The molecule has 0 spiro atoms. The molecular weight excluding hydrogens is 404 g/mol. The first-order chi connectivity index (χ1) is 15.4. The van der Waals surface area contributed by atoms with Gasteiger partial charge in [0.05, 0.1) is 0 Å². The Hall–Kier alpha value is -3.68. The lowest BCUT2D eigenvalue weighted by Crippen LogP contribution is -2.74. The molecule has 1 aromatic carbocycles. The Kier molecular flexibility index (Phi) is 4.73. The van der Waals surface area contributed by atoms with E-state index < -0.39 is 5.54 Å². The van der Waals surface area contributed by atoms with E-state index in [1.807, 2.05) is 60.2 Å². The quantitative estimate of drug-likeness (QED) is 0.409. The summed E-state index contributed by atoms with van der Waals surface area (Å²) < 4.78 is 7.29. The monoisotopic (exact) mass is 430 g/mol. The SMILES string of the molecule is CC(=N)OC(=N)C12CCCC(C1)N2C(=O)Nc1ccc(C)c(-c2cnc3cccn3c2)c1. The highest BCUT2D eigenvalue weighted by molar-refractivity contribution is 6.00. The number of aromatic nitrogens is 2. The molecule has 2 fully saturated rings. The maximum absolute atomic E-state index is 13.3. The smallest absolute Gasteiger partial charge is 0.322 e. The second-order valence-corrected chi connectivity index (χ2v) is 8.72. The van der Waals surface area contributed by atoms with Crippen LogP contribution in [0.15, 0.2) is 48.9 Å². The van der Waals surface area contributed by atoms with Crippen molar-refractivity contribution in [1.82, 2.24) is 14.3 Å². The third kappa shape index (κ3) is 3.23. The fourth-order valence-corrected chi connectivity index (χ4v) is 5.08. The van der Waals surface area contributed by atoms with Gasteiger partial charge in [-0.05, 0) is 61.6 Å². The molecule has 1 saturated heterocycles. The van der Waals surface area contributed by atoms with E-state index in [2.05, 4.69) is 10.3 Å². The fraction of sp³-hybridized carbons (Fsp3) is 0.333. The molecule has 3 N–H and O–H groups in total. The molecule has 2 atom stereocenters. The van der Waals surface area contributed by atoms with E-state index in [1.165, 1.54) is 6.92 Å². The Labute approximate surface area is 186 Å². The van der Waals surface area contributed by atoms with Crippen LogP contribution >= 0.6 is 0 Å². The molecule has 2 amide bonds. The molecule has 3 aromatic rings. The number of nitrogens with zero attached hydrogens (tertiary/aromatic N) is 3. The lowest BCUT2D eigenvalue weighted by molar-refractivity contribution is -0.0329. The van der Waals surface area contributed by atoms with Crippen LogP contribution in [0.3, 0.4) is 0 Å². The third-order valence-electron chi connectivity index (χ3n) is 6.59. The van der Waals surface area contributed by atoms with Crippen LogP contribution in [-0.4, -0.2) is 43.7 Å². The highest BCUT2D eigenvalue weighted by Crippen LogP contribution is 2.48. The zero-order chi connectivity index (χ0) is 22.5. The molecule has 164 valence electrons. The standard InChI is InChI=1S/C24H26N6O2/c1-15-7-8-18(11-20(15)17-13-27-21-6-4-10-29(21)14-17)28-23(31)30-19-5-3-9-24(30,12-19)22(26)32-16(2)25/h4,6-8,10-11,13-14,19,25-26H,3,5,9,12H2,1-2H3,(H,28,31). The minimum atomic E-state index is -0.744. The van der Waals surface area contributed by atoms with Crippen molar-refractivity contribution in [2.45, 2.75) is 51.1 Å². The number of aryl methyl sites for hydroxylation is 1. The van der Waals surface area contributed by atoms with E-state index >= 15 is 0 Å². The second kappa shape index (κ2) is 7.47. The summed E-state index contributed by atoms with van der Waals surface area (Å²) in [6.07, 6.45) is 9.11. The predicted molar refractivity (Wildman–Crippen MR) is 123 cm³/mol. The number of likely N-dealkylation sites (tertiary alicyclic amines) is 1. The molecule has 2 unspecified atom stereocenters. The number of hydrogen-bond donors (Lipinski definition) is 3. The number of ether oxygens (including phenoxy) is 1. The highest BCUT2D eigenvalue weighted by Gasteiger charge is 2.60. The number of carbonyl (C=O) groups excluding carboxylic acids is 1. The summed E-state index contributed by atoms with van der Waals surface area (Å²) >= 11 is 0. The molecule has 0 radical (unpaired) electrons. The summed E-state index contributed by atoms with van der Waals surface area (Å²) in [5.74, 6) is -0.0398. The fourth-order valence-electron chi connectivity index (χ4n) is 5.08. The van der Waals surface area contributed by atoms with Gasteiger partial charge in [-0.25, -0.2) is 9.78 Å². The van der Waals surface area contributed by atoms with Gasteiger partial charge in [0, 0.05) is 49.2 Å². The van der Waals surface area contributed by atoms with Crippen molar-refractivity contribution in [3.05, 3.63) is 54.5 Å². The van der Waals surface area contributed by atoms with Crippen molar-refractivity contribution >= 4 is 29.2 Å². The van der Waals surface area contributed by atoms with Crippen LogP contribution in [0, 0.1) is 17.7 Å². The molecule has 1 aliphatic heterocycles. The van der Waals surface area contributed by atoms with Gasteiger partial charge in [-0.15, -0.1) is 0 Å². The molecule has 2 aliphatic rings. The van der Waals surface area contributed by atoms with E-state index in [-0.39, 0.29) is 23.9 Å². The Balaban J connectivity index is 1.40. The van der Waals surface area contributed by atoms with Crippen molar-refractivity contribution in [3.8, 4) is 11.1 Å². The van der Waals surface area contributed by atoms with Crippen molar-refractivity contribution < 1.29 is 9.53 Å². The Morgan fingerprint density at radius 3 is 2.94 bits per heavy atom. The number of urea groups is 1. The van der Waals surface area contributed by atoms with Gasteiger partial charge in [0.2, 0.25) is 5.90 Å². The maximum Gasteiger partial charge on any atom is 0.322 e. The number of fused-ring (bicyclic) bond motifs is 3. The van der Waals surface area contributed by atoms with Gasteiger partial charge in [0.1, 0.15) is 11.2 Å². The summed E-state index contributed by atoms with van der Waals surface area (Å²) in [4.78, 5) is 19.5. The van der Waals surface area contributed by atoms with Crippen LogP contribution in [-0.2, 0) is 4.74 Å². The summed E-state index contributed by atoms with van der Waals surface area (Å²) in [5, 5.41) is 19.0. The summed E-state index contributed by atoms with van der Waals surface area (Å²) in [5.41, 5.74) is 3.89. The summed E-state index contributed by atoms with van der Waals surface area (Å²) in [6.45, 7) is 3.54. The second-order valence-electron chi connectivity index (χ2n) is 8.72. The van der Waals surface area contributed by atoms with E-state index in [1.54, 1.807) is 4.90 Å². The molecule has 1 aliphatic carbocycles. The topological polar surface area (TPSA) is 107 Å². The zero-order valence-corrected chi connectivity index (χ0v) is 18.2. The minimum Gasteiger partial charge on any atom is -0.428 e. The Morgan fingerprint density at radius 2 is 2.16 bits per heavy atom. The molecule has 1 saturated carbocycles. The van der Waals surface area contributed by atoms with Crippen LogP contribution in [0.5, 0.6) is 0 Å². The number of carbonyl (C=O) groups is 1. The van der Waals surface area contributed by atoms with Gasteiger partial charge < -0.3 is 19.4 Å². The van der Waals surface area contributed by atoms with E-state index in [0.29, 0.717) is 18.5 Å². The van der Waals surface area contributed by atoms with Crippen molar-refractivity contribution in [3.63, 3.8) is 0 Å². The summed E-state index contributed by atoms with van der Waals surface area (Å²) in [6, 6.07) is 9.62. The Bertz CT molecular complexity index is 1240. The molecule has 32 heavy (non-hydrogen) atoms. The van der Waals surface area contributed by atoms with Crippen LogP contribution in [0.2, 0.25) is 0 Å². The minimum absolute atomic E-state index is 0.00760. The van der Waals surface area contributed by atoms with Crippen molar-refractivity contribution in [1.29, 1.82) is 10.8 Å². The zero-order valence-electron chi connectivity index (χ0n) is 18.2.